The molecule has 78 valence electrons. The number of hydrogen-bond donors (Lipinski definition) is 1. The van der Waals surface area contributed by atoms with Crippen molar-refractivity contribution in [3.8, 4) is 0 Å². The first kappa shape index (κ1) is 11.0. The van der Waals surface area contributed by atoms with E-state index < -0.39 is 0 Å². The first-order chi connectivity index (χ1) is 6.09. The molecule has 0 aromatic carbocycles. The smallest absolute Gasteiger partial charge is 0.0618 e. The fourth-order valence-corrected chi connectivity index (χ4v) is 1.69. The second kappa shape index (κ2) is 4.94. The molecule has 1 fully saturated rings. The Labute approximate surface area is 81.2 Å². The highest BCUT2D eigenvalue weighted by Crippen LogP contribution is 2.17. The van der Waals surface area contributed by atoms with Crippen LogP contribution >= 0.6 is 0 Å². The van der Waals surface area contributed by atoms with E-state index in [1.165, 1.54) is 0 Å². The maximum atomic E-state index is 5.71. The van der Waals surface area contributed by atoms with Gasteiger partial charge in [-0.1, -0.05) is 0 Å². The second-order valence-electron chi connectivity index (χ2n) is 4.29. The maximum absolute atomic E-state index is 5.71. The van der Waals surface area contributed by atoms with Crippen molar-refractivity contribution in [3.05, 3.63) is 0 Å². The molecule has 1 rings (SSSR count). The zero-order valence-electron chi connectivity index (χ0n) is 8.99. The Hall–Kier alpha value is -0.120. The fraction of sp³-hybridized carbons (Fsp3) is 1.00. The number of nitrogens with two attached hydrogens (primary N) is 1. The van der Waals surface area contributed by atoms with Gasteiger partial charge in [0.15, 0.2) is 0 Å². The van der Waals surface area contributed by atoms with E-state index in [2.05, 4.69) is 18.9 Å². The Balaban J connectivity index is 2.21. The van der Waals surface area contributed by atoms with Crippen molar-refractivity contribution < 1.29 is 4.74 Å². The second-order valence-corrected chi connectivity index (χ2v) is 4.29. The van der Waals surface area contributed by atoms with Crippen molar-refractivity contribution >= 4 is 0 Å². The molecule has 0 aromatic rings. The standard InChI is InChI=1S/C10H22N2O/c1-8(11)7-13-10-4-5-12(3)9(2)6-10/h8-10H,4-7,11H2,1-3H3. The van der Waals surface area contributed by atoms with Crippen LogP contribution in [0.2, 0.25) is 0 Å². The van der Waals surface area contributed by atoms with Gasteiger partial charge in [-0.2, -0.15) is 0 Å². The van der Waals surface area contributed by atoms with E-state index in [4.69, 9.17) is 10.5 Å². The van der Waals surface area contributed by atoms with Gasteiger partial charge in [0.25, 0.3) is 0 Å². The van der Waals surface area contributed by atoms with Gasteiger partial charge in [0.1, 0.15) is 0 Å². The zero-order valence-corrected chi connectivity index (χ0v) is 8.99. The minimum absolute atomic E-state index is 0.162. The lowest BCUT2D eigenvalue weighted by atomic mass is 10.0. The summed E-state index contributed by atoms with van der Waals surface area (Å²) in [5.41, 5.74) is 5.64. The average molecular weight is 186 g/mol. The minimum Gasteiger partial charge on any atom is -0.377 e. The van der Waals surface area contributed by atoms with Gasteiger partial charge in [-0.3, -0.25) is 0 Å². The first-order valence-corrected chi connectivity index (χ1v) is 5.17. The predicted molar refractivity (Wildman–Crippen MR) is 54.7 cm³/mol. The van der Waals surface area contributed by atoms with E-state index in [0.717, 1.165) is 19.4 Å². The molecule has 0 aliphatic carbocycles. The first-order valence-electron chi connectivity index (χ1n) is 5.17. The summed E-state index contributed by atoms with van der Waals surface area (Å²) < 4.78 is 5.71. The van der Waals surface area contributed by atoms with Crippen LogP contribution in [-0.4, -0.2) is 43.3 Å². The SMILES string of the molecule is CC(N)COC1CCN(C)C(C)C1. The summed E-state index contributed by atoms with van der Waals surface area (Å²) in [5, 5.41) is 0. The Morgan fingerprint density at radius 1 is 1.62 bits per heavy atom. The number of likely N-dealkylation sites (tertiary alicyclic amines) is 1. The Bertz CT molecular complexity index is 150. The van der Waals surface area contributed by atoms with Crippen LogP contribution in [0.3, 0.4) is 0 Å². The van der Waals surface area contributed by atoms with Gasteiger partial charge in [-0.05, 0) is 33.7 Å². The Morgan fingerprint density at radius 2 is 2.31 bits per heavy atom. The lowest BCUT2D eigenvalue weighted by Gasteiger charge is -2.35. The van der Waals surface area contributed by atoms with Crippen LogP contribution in [0.15, 0.2) is 0 Å². The normalized spacial score (nSPS) is 33.2. The number of rotatable bonds is 3. The monoisotopic (exact) mass is 186 g/mol. The summed E-state index contributed by atoms with van der Waals surface area (Å²) in [6.45, 7) is 6.08. The molecule has 1 aliphatic rings. The molecule has 0 saturated carbocycles. The highest BCUT2D eigenvalue weighted by atomic mass is 16.5. The third kappa shape index (κ3) is 3.63. The van der Waals surface area contributed by atoms with E-state index in [1.54, 1.807) is 0 Å². The summed E-state index contributed by atoms with van der Waals surface area (Å²) in [7, 11) is 2.17. The van der Waals surface area contributed by atoms with Crippen molar-refractivity contribution in [2.45, 2.75) is 44.9 Å². The fourth-order valence-electron chi connectivity index (χ4n) is 1.69. The van der Waals surface area contributed by atoms with E-state index >= 15 is 0 Å². The molecule has 3 nitrogen and oxygen atoms in total. The lowest BCUT2D eigenvalue weighted by Crippen LogP contribution is -2.41. The molecular formula is C10H22N2O. The summed E-state index contributed by atoms with van der Waals surface area (Å²) in [4.78, 5) is 2.38. The van der Waals surface area contributed by atoms with Crippen LogP contribution in [-0.2, 0) is 4.74 Å². The molecule has 3 atom stereocenters. The van der Waals surface area contributed by atoms with Crippen molar-refractivity contribution in [2.75, 3.05) is 20.2 Å². The Morgan fingerprint density at radius 3 is 2.85 bits per heavy atom. The van der Waals surface area contributed by atoms with Gasteiger partial charge in [0, 0.05) is 18.6 Å². The molecule has 3 heteroatoms. The molecule has 0 bridgehead atoms. The molecule has 0 radical (unpaired) electrons. The van der Waals surface area contributed by atoms with Gasteiger partial charge in [-0.25, -0.2) is 0 Å². The van der Waals surface area contributed by atoms with Crippen LogP contribution in [0.4, 0.5) is 0 Å². The van der Waals surface area contributed by atoms with Crippen molar-refractivity contribution in [1.82, 2.24) is 4.90 Å². The third-order valence-corrected chi connectivity index (χ3v) is 2.76. The van der Waals surface area contributed by atoms with Crippen LogP contribution in [0.25, 0.3) is 0 Å². The van der Waals surface area contributed by atoms with Crippen LogP contribution in [0, 0.1) is 0 Å². The lowest BCUT2D eigenvalue weighted by molar-refractivity contribution is -0.00875. The highest BCUT2D eigenvalue weighted by Gasteiger charge is 2.23. The predicted octanol–water partition coefficient (Wildman–Crippen LogP) is 0.833. The van der Waals surface area contributed by atoms with Crippen molar-refractivity contribution in [3.63, 3.8) is 0 Å². The largest absolute Gasteiger partial charge is 0.377 e. The van der Waals surface area contributed by atoms with Gasteiger partial charge >= 0.3 is 0 Å². The number of hydrogen-bond acceptors (Lipinski definition) is 3. The Kier molecular flexibility index (Phi) is 4.16. The highest BCUT2D eigenvalue weighted by molar-refractivity contribution is 4.77. The molecule has 0 amide bonds. The van der Waals surface area contributed by atoms with Crippen LogP contribution in [0.1, 0.15) is 26.7 Å². The number of ether oxygens (including phenoxy) is 1. The van der Waals surface area contributed by atoms with Gasteiger partial charge < -0.3 is 15.4 Å². The molecule has 13 heavy (non-hydrogen) atoms. The molecular weight excluding hydrogens is 164 g/mol. The molecule has 1 aliphatic heterocycles. The molecule has 1 heterocycles. The maximum Gasteiger partial charge on any atom is 0.0618 e. The van der Waals surface area contributed by atoms with Crippen LogP contribution in [0.5, 0.6) is 0 Å². The van der Waals surface area contributed by atoms with Crippen molar-refractivity contribution in [2.24, 2.45) is 5.73 Å². The van der Waals surface area contributed by atoms with E-state index in [0.29, 0.717) is 18.8 Å². The van der Waals surface area contributed by atoms with Gasteiger partial charge in [-0.15, -0.1) is 0 Å². The third-order valence-electron chi connectivity index (χ3n) is 2.76. The zero-order chi connectivity index (χ0) is 9.84. The average Bonchev–Trinajstić information content (AvgIpc) is 2.07. The molecule has 1 saturated heterocycles. The van der Waals surface area contributed by atoms with E-state index in [1.807, 2.05) is 6.92 Å². The quantitative estimate of drug-likeness (QED) is 0.709. The molecule has 0 aromatic heterocycles. The minimum atomic E-state index is 0.162. The summed E-state index contributed by atoms with van der Waals surface area (Å²) >= 11 is 0. The number of piperidine rings is 1. The topological polar surface area (TPSA) is 38.5 Å². The number of nitrogens with zero attached hydrogens (tertiary/aromatic N) is 1. The van der Waals surface area contributed by atoms with E-state index in [-0.39, 0.29) is 6.04 Å². The van der Waals surface area contributed by atoms with Gasteiger partial charge in [0.05, 0.1) is 12.7 Å². The molecule has 0 spiro atoms. The summed E-state index contributed by atoms with van der Waals surface area (Å²) in [5.74, 6) is 0. The molecule has 3 unspecified atom stereocenters. The van der Waals surface area contributed by atoms with E-state index in [9.17, 15) is 0 Å². The summed E-state index contributed by atoms with van der Waals surface area (Å²) in [6, 6.07) is 0.807. The van der Waals surface area contributed by atoms with Crippen molar-refractivity contribution in [1.29, 1.82) is 0 Å². The van der Waals surface area contributed by atoms with Crippen LogP contribution < -0.4 is 5.73 Å². The van der Waals surface area contributed by atoms with Gasteiger partial charge in [0.2, 0.25) is 0 Å². The summed E-state index contributed by atoms with van der Waals surface area (Å²) in [6.07, 6.45) is 2.72. The molecule has 2 N–H and O–H groups in total.